The maximum absolute atomic E-state index is 12.1. The van der Waals surface area contributed by atoms with Gasteiger partial charge in [0, 0.05) is 18.2 Å². The zero-order chi connectivity index (χ0) is 20.7. The van der Waals surface area contributed by atoms with E-state index in [4.69, 9.17) is 9.47 Å². The van der Waals surface area contributed by atoms with Crippen molar-refractivity contribution in [3.63, 3.8) is 0 Å². The molecule has 1 aromatic rings. The van der Waals surface area contributed by atoms with E-state index < -0.39 is 28.9 Å². The normalized spacial score (nSPS) is 16.4. The van der Waals surface area contributed by atoms with Gasteiger partial charge in [0.1, 0.15) is 6.61 Å². The summed E-state index contributed by atoms with van der Waals surface area (Å²) in [4.78, 5) is 45.7. The molecule has 0 fully saturated rings. The number of urea groups is 1. The smallest absolute Gasteiger partial charge is 0.338 e. The monoisotopic (exact) mass is 389 g/mol. The van der Waals surface area contributed by atoms with Crippen molar-refractivity contribution in [1.29, 1.82) is 0 Å². The van der Waals surface area contributed by atoms with Crippen LogP contribution in [0.5, 0.6) is 0 Å². The molecule has 0 bridgehead atoms. The Bertz CT molecular complexity index is 843. The van der Waals surface area contributed by atoms with Gasteiger partial charge in [0.05, 0.1) is 28.8 Å². The minimum absolute atomic E-state index is 0.0612. The number of amides is 2. The summed E-state index contributed by atoms with van der Waals surface area (Å²) in [7, 11) is 0. The Hall–Kier alpha value is -3.69. The maximum Gasteiger partial charge on any atom is 0.338 e. The molecule has 1 atom stereocenters. The Balaban J connectivity index is 2.04. The van der Waals surface area contributed by atoms with Crippen LogP contribution in [0.3, 0.4) is 0 Å². The van der Waals surface area contributed by atoms with E-state index in [9.17, 15) is 24.5 Å². The second-order valence-electron chi connectivity index (χ2n) is 5.72. The molecule has 0 aromatic heterocycles. The third-order valence-electron chi connectivity index (χ3n) is 3.74. The number of rotatable bonds is 7. The summed E-state index contributed by atoms with van der Waals surface area (Å²) < 4.78 is 10.0. The molecule has 0 aliphatic carbocycles. The quantitative estimate of drug-likeness (QED) is 0.313. The van der Waals surface area contributed by atoms with Gasteiger partial charge < -0.3 is 20.1 Å². The minimum Gasteiger partial charge on any atom is -0.463 e. The van der Waals surface area contributed by atoms with Crippen molar-refractivity contribution >= 4 is 29.7 Å². The van der Waals surface area contributed by atoms with Crippen molar-refractivity contribution in [3.8, 4) is 0 Å². The second-order valence-corrected chi connectivity index (χ2v) is 5.72. The predicted molar refractivity (Wildman–Crippen MR) is 97.9 cm³/mol. The average Bonchev–Trinajstić information content (AvgIpc) is 2.64. The first kappa shape index (κ1) is 20.6. The Morgan fingerprint density at radius 2 is 1.93 bits per heavy atom. The molecular weight excluding hydrogens is 370 g/mol. The number of hydrogen-bond donors (Lipinski definition) is 2. The molecule has 0 saturated carbocycles. The van der Waals surface area contributed by atoms with E-state index in [1.54, 1.807) is 13.8 Å². The summed E-state index contributed by atoms with van der Waals surface area (Å²) >= 11 is 0. The molecule has 1 aliphatic rings. The highest BCUT2D eigenvalue weighted by atomic mass is 16.6. The lowest BCUT2D eigenvalue weighted by Gasteiger charge is -2.26. The van der Waals surface area contributed by atoms with Gasteiger partial charge in [-0.2, -0.15) is 0 Å². The molecular formula is C18H19N3O7. The van der Waals surface area contributed by atoms with Crippen molar-refractivity contribution < 1.29 is 28.8 Å². The maximum atomic E-state index is 12.1. The first-order valence-corrected chi connectivity index (χ1v) is 8.38. The number of nitro benzene ring substituents is 1. The number of carbonyl (C=O) groups is 3. The highest BCUT2D eigenvalue weighted by Crippen LogP contribution is 2.15. The third kappa shape index (κ3) is 5.40. The van der Waals surface area contributed by atoms with Crippen molar-refractivity contribution in [1.82, 2.24) is 10.6 Å². The number of hydrogen-bond acceptors (Lipinski definition) is 7. The van der Waals surface area contributed by atoms with E-state index in [2.05, 4.69) is 10.6 Å². The van der Waals surface area contributed by atoms with Crippen LogP contribution >= 0.6 is 0 Å². The number of non-ortho nitro benzene ring substituents is 1. The average molecular weight is 389 g/mol. The Morgan fingerprint density at radius 3 is 2.54 bits per heavy atom. The molecule has 10 nitrogen and oxygen atoms in total. The van der Waals surface area contributed by atoms with Crippen molar-refractivity contribution in [2.45, 2.75) is 19.9 Å². The van der Waals surface area contributed by atoms with Crippen LogP contribution < -0.4 is 10.6 Å². The minimum atomic E-state index is -0.713. The van der Waals surface area contributed by atoms with Crippen LogP contribution in [-0.2, 0) is 19.1 Å². The number of nitrogens with zero attached hydrogens (tertiary/aromatic N) is 1. The topological polar surface area (TPSA) is 137 Å². The van der Waals surface area contributed by atoms with Gasteiger partial charge in [-0.15, -0.1) is 0 Å². The van der Waals surface area contributed by atoms with Crippen LogP contribution in [0, 0.1) is 10.1 Å². The van der Waals surface area contributed by atoms with Crippen LogP contribution in [-0.4, -0.2) is 42.1 Å². The van der Waals surface area contributed by atoms with Gasteiger partial charge in [0.15, 0.2) is 0 Å². The molecule has 28 heavy (non-hydrogen) atoms. The van der Waals surface area contributed by atoms with E-state index in [0.717, 1.165) is 6.08 Å². The number of ether oxygens (including phenoxy) is 2. The first-order chi connectivity index (χ1) is 13.3. The van der Waals surface area contributed by atoms with E-state index in [1.807, 2.05) is 0 Å². The number of nitro groups is 1. The van der Waals surface area contributed by atoms with Gasteiger partial charge in [0.2, 0.25) is 0 Å². The standard InChI is InChI=1S/C18H19N3O7/c1-3-27-17(23)16-11(2)19-18(24)20-14(16)10-28-15(22)9-6-12-4-7-13(8-5-12)21(25)26/h4-9,11H,3,10H2,1-2H3,(H2,19,20,24)/b9-6+/t11-/m0/s1. The summed E-state index contributed by atoms with van der Waals surface area (Å²) in [5.41, 5.74) is 0.826. The first-order valence-electron chi connectivity index (χ1n) is 8.38. The largest absolute Gasteiger partial charge is 0.463 e. The molecule has 10 heteroatoms. The molecule has 0 saturated heterocycles. The van der Waals surface area contributed by atoms with Crippen LogP contribution in [0.25, 0.3) is 6.08 Å². The van der Waals surface area contributed by atoms with Crippen molar-refractivity contribution in [2.75, 3.05) is 13.2 Å². The third-order valence-corrected chi connectivity index (χ3v) is 3.74. The Labute approximate surface area is 160 Å². The van der Waals surface area contributed by atoms with Crippen LogP contribution in [0.2, 0.25) is 0 Å². The van der Waals surface area contributed by atoms with Gasteiger partial charge in [0.25, 0.3) is 5.69 Å². The van der Waals surface area contributed by atoms with E-state index in [-0.39, 0.29) is 30.2 Å². The molecule has 1 heterocycles. The zero-order valence-corrected chi connectivity index (χ0v) is 15.3. The summed E-state index contributed by atoms with van der Waals surface area (Å²) in [6, 6.07) is 4.47. The van der Waals surface area contributed by atoms with E-state index in [1.165, 1.54) is 30.3 Å². The van der Waals surface area contributed by atoms with Gasteiger partial charge in [-0.05, 0) is 37.6 Å². The molecule has 2 N–H and O–H groups in total. The fourth-order valence-corrected chi connectivity index (χ4v) is 2.46. The zero-order valence-electron chi connectivity index (χ0n) is 15.3. The highest BCUT2D eigenvalue weighted by molar-refractivity contribution is 5.95. The highest BCUT2D eigenvalue weighted by Gasteiger charge is 2.30. The van der Waals surface area contributed by atoms with Crippen molar-refractivity contribution in [3.05, 3.63) is 57.3 Å². The number of benzene rings is 1. The predicted octanol–water partition coefficient (Wildman–Crippen LogP) is 1.67. The Kier molecular flexibility index (Phi) is 6.85. The van der Waals surface area contributed by atoms with E-state index >= 15 is 0 Å². The molecule has 148 valence electrons. The summed E-state index contributed by atoms with van der Waals surface area (Å²) in [5.74, 6) is -1.33. The lowest BCUT2D eigenvalue weighted by molar-refractivity contribution is -0.384. The SMILES string of the molecule is CCOC(=O)C1=C(COC(=O)/C=C/c2ccc([N+](=O)[O-])cc2)NC(=O)N[C@H]1C. The van der Waals surface area contributed by atoms with Crippen LogP contribution in [0.4, 0.5) is 10.5 Å². The fourth-order valence-electron chi connectivity index (χ4n) is 2.46. The van der Waals surface area contributed by atoms with E-state index in [0.29, 0.717) is 5.56 Å². The second kappa shape index (κ2) is 9.31. The fraction of sp³-hybridized carbons (Fsp3) is 0.278. The molecule has 0 unspecified atom stereocenters. The molecule has 0 radical (unpaired) electrons. The van der Waals surface area contributed by atoms with Gasteiger partial charge in [-0.1, -0.05) is 0 Å². The van der Waals surface area contributed by atoms with Gasteiger partial charge >= 0.3 is 18.0 Å². The van der Waals surface area contributed by atoms with Gasteiger partial charge in [-0.25, -0.2) is 14.4 Å². The number of carbonyl (C=O) groups excluding carboxylic acids is 3. The van der Waals surface area contributed by atoms with Crippen LogP contribution in [0.1, 0.15) is 19.4 Å². The summed E-state index contributed by atoms with van der Waals surface area (Å²) in [6.45, 7) is 3.10. The molecule has 1 aliphatic heterocycles. The summed E-state index contributed by atoms with van der Waals surface area (Å²) in [6.07, 6.45) is 2.56. The molecule has 1 aromatic carbocycles. The number of nitrogens with one attached hydrogen (secondary N) is 2. The van der Waals surface area contributed by atoms with Crippen LogP contribution in [0.15, 0.2) is 41.6 Å². The Morgan fingerprint density at radius 1 is 1.25 bits per heavy atom. The molecule has 0 spiro atoms. The van der Waals surface area contributed by atoms with Gasteiger partial charge in [-0.3, -0.25) is 10.1 Å². The summed E-state index contributed by atoms with van der Waals surface area (Å²) in [5, 5.41) is 15.6. The molecule has 2 amide bonds. The lowest BCUT2D eigenvalue weighted by Crippen LogP contribution is -2.50. The lowest BCUT2D eigenvalue weighted by atomic mass is 10.0. The van der Waals surface area contributed by atoms with Crippen molar-refractivity contribution in [2.24, 2.45) is 0 Å². The number of esters is 2. The molecule has 2 rings (SSSR count).